The van der Waals surface area contributed by atoms with E-state index in [1.807, 2.05) is 12.1 Å². The molecular formula is C16H24ClN. The second-order valence-corrected chi connectivity index (χ2v) is 6.11. The highest BCUT2D eigenvalue weighted by Crippen LogP contribution is 2.36. The van der Waals surface area contributed by atoms with Crippen molar-refractivity contribution in [2.45, 2.75) is 39.0 Å². The molecule has 1 fully saturated rings. The van der Waals surface area contributed by atoms with E-state index < -0.39 is 0 Å². The predicted octanol–water partition coefficient (Wildman–Crippen LogP) is 4.28. The van der Waals surface area contributed by atoms with Crippen molar-refractivity contribution in [3.63, 3.8) is 0 Å². The van der Waals surface area contributed by atoms with Gasteiger partial charge >= 0.3 is 0 Å². The SMILES string of the molecule is CCC1CCC(CN)C(Cc2ccc(Cl)cc2)C1. The summed E-state index contributed by atoms with van der Waals surface area (Å²) >= 11 is 5.94. The van der Waals surface area contributed by atoms with Crippen molar-refractivity contribution in [2.75, 3.05) is 6.54 Å². The monoisotopic (exact) mass is 265 g/mol. The van der Waals surface area contributed by atoms with Crippen LogP contribution in [0.25, 0.3) is 0 Å². The number of hydrogen-bond donors (Lipinski definition) is 1. The minimum atomic E-state index is 0.712. The lowest BCUT2D eigenvalue weighted by molar-refractivity contribution is 0.180. The largest absolute Gasteiger partial charge is 0.330 e. The summed E-state index contributed by atoms with van der Waals surface area (Å²) in [5.74, 6) is 2.38. The zero-order valence-electron chi connectivity index (χ0n) is 11.2. The van der Waals surface area contributed by atoms with Gasteiger partial charge in [0, 0.05) is 5.02 Å². The molecule has 0 aromatic heterocycles. The Morgan fingerprint density at radius 2 is 1.89 bits per heavy atom. The first kappa shape index (κ1) is 13.9. The molecule has 3 atom stereocenters. The van der Waals surface area contributed by atoms with Gasteiger partial charge in [0.1, 0.15) is 0 Å². The summed E-state index contributed by atoms with van der Waals surface area (Å²) in [6, 6.07) is 8.31. The van der Waals surface area contributed by atoms with E-state index in [9.17, 15) is 0 Å². The molecule has 0 heterocycles. The molecule has 0 saturated heterocycles. The second kappa shape index (κ2) is 6.58. The van der Waals surface area contributed by atoms with Gasteiger partial charge in [0.05, 0.1) is 0 Å². The topological polar surface area (TPSA) is 26.0 Å². The van der Waals surface area contributed by atoms with E-state index in [0.717, 1.165) is 29.8 Å². The lowest BCUT2D eigenvalue weighted by atomic mass is 9.71. The van der Waals surface area contributed by atoms with Gasteiger partial charge in [-0.1, -0.05) is 43.5 Å². The van der Waals surface area contributed by atoms with Gasteiger partial charge < -0.3 is 5.73 Å². The van der Waals surface area contributed by atoms with E-state index >= 15 is 0 Å². The molecule has 100 valence electrons. The molecule has 1 nitrogen and oxygen atoms in total. The van der Waals surface area contributed by atoms with E-state index in [1.54, 1.807) is 0 Å². The molecule has 1 aromatic carbocycles. The summed E-state index contributed by atoms with van der Waals surface area (Å²) in [4.78, 5) is 0. The molecule has 1 aliphatic rings. The van der Waals surface area contributed by atoms with Gasteiger partial charge in [0.15, 0.2) is 0 Å². The average Bonchev–Trinajstić information content (AvgIpc) is 2.41. The second-order valence-electron chi connectivity index (χ2n) is 5.67. The molecule has 0 radical (unpaired) electrons. The molecule has 1 aromatic rings. The maximum Gasteiger partial charge on any atom is 0.0406 e. The number of benzene rings is 1. The molecule has 2 rings (SSSR count). The van der Waals surface area contributed by atoms with Crippen LogP contribution in [-0.2, 0) is 6.42 Å². The molecule has 2 heteroatoms. The van der Waals surface area contributed by atoms with Crippen LogP contribution in [0.5, 0.6) is 0 Å². The Kier molecular flexibility index (Phi) is 5.08. The molecule has 3 unspecified atom stereocenters. The summed E-state index contributed by atoms with van der Waals surface area (Å²) in [5, 5.41) is 0.823. The van der Waals surface area contributed by atoms with Crippen LogP contribution in [0.2, 0.25) is 5.02 Å². The van der Waals surface area contributed by atoms with E-state index in [4.69, 9.17) is 17.3 Å². The number of nitrogens with two attached hydrogens (primary N) is 1. The first-order chi connectivity index (χ1) is 8.72. The minimum absolute atomic E-state index is 0.712. The predicted molar refractivity (Wildman–Crippen MR) is 78.8 cm³/mol. The normalized spacial score (nSPS) is 28.3. The van der Waals surface area contributed by atoms with E-state index in [1.165, 1.54) is 31.2 Å². The molecule has 2 N–H and O–H groups in total. The zero-order valence-corrected chi connectivity index (χ0v) is 12.0. The van der Waals surface area contributed by atoms with Crippen molar-refractivity contribution in [3.8, 4) is 0 Å². The lowest BCUT2D eigenvalue weighted by Crippen LogP contribution is -2.31. The fourth-order valence-corrected chi connectivity index (χ4v) is 3.40. The molecule has 0 bridgehead atoms. The fourth-order valence-electron chi connectivity index (χ4n) is 3.28. The van der Waals surface area contributed by atoms with Crippen LogP contribution in [0.3, 0.4) is 0 Å². The third-order valence-corrected chi connectivity index (χ3v) is 4.79. The maximum absolute atomic E-state index is 5.94. The molecule has 1 saturated carbocycles. The van der Waals surface area contributed by atoms with E-state index in [0.29, 0.717) is 5.92 Å². The maximum atomic E-state index is 5.94. The van der Waals surface area contributed by atoms with Gasteiger partial charge in [-0.15, -0.1) is 0 Å². The van der Waals surface area contributed by atoms with E-state index in [2.05, 4.69) is 19.1 Å². The Balaban J connectivity index is 2.02. The highest BCUT2D eigenvalue weighted by molar-refractivity contribution is 6.30. The molecule has 18 heavy (non-hydrogen) atoms. The molecular weight excluding hydrogens is 242 g/mol. The third kappa shape index (κ3) is 3.49. The summed E-state index contributed by atoms with van der Waals surface area (Å²) in [6.45, 7) is 3.15. The van der Waals surface area contributed by atoms with Gasteiger partial charge in [-0.05, 0) is 61.3 Å². The smallest absolute Gasteiger partial charge is 0.0406 e. The van der Waals surface area contributed by atoms with E-state index in [-0.39, 0.29) is 0 Å². The average molecular weight is 266 g/mol. The molecule has 0 aliphatic heterocycles. The van der Waals surface area contributed by atoms with Crippen LogP contribution in [0.4, 0.5) is 0 Å². The molecule has 0 amide bonds. The van der Waals surface area contributed by atoms with Crippen molar-refractivity contribution in [2.24, 2.45) is 23.5 Å². The van der Waals surface area contributed by atoms with Crippen molar-refractivity contribution in [1.82, 2.24) is 0 Å². The summed E-state index contributed by atoms with van der Waals surface area (Å²) in [6.07, 6.45) is 6.51. The Hall–Kier alpha value is -0.530. The van der Waals surface area contributed by atoms with Crippen LogP contribution in [0, 0.1) is 17.8 Å². The molecule has 1 aliphatic carbocycles. The Morgan fingerprint density at radius 3 is 2.50 bits per heavy atom. The number of hydrogen-bond acceptors (Lipinski definition) is 1. The standard InChI is InChI=1S/C16H24ClN/c1-2-12-3-6-14(11-18)15(9-12)10-13-4-7-16(17)8-5-13/h4-5,7-8,12,14-15H,2-3,6,9-11,18H2,1H3. The highest BCUT2D eigenvalue weighted by atomic mass is 35.5. The number of rotatable bonds is 4. The van der Waals surface area contributed by atoms with Crippen LogP contribution in [-0.4, -0.2) is 6.54 Å². The van der Waals surface area contributed by atoms with Crippen molar-refractivity contribution >= 4 is 11.6 Å². The van der Waals surface area contributed by atoms with Crippen LogP contribution < -0.4 is 5.73 Å². The van der Waals surface area contributed by atoms with Crippen molar-refractivity contribution in [3.05, 3.63) is 34.9 Å². The van der Waals surface area contributed by atoms with Crippen LogP contribution in [0.1, 0.15) is 38.2 Å². The van der Waals surface area contributed by atoms with Gasteiger partial charge in [-0.2, -0.15) is 0 Å². The quantitative estimate of drug-likeness (QED) is 0.864. The van der Waals surface area contributed by atoms with Gasteiger partial charge in [0.25, 0.3) is 0 Å². The zero-order chi connectivity index (χ0) is 13.0. The van der Waals surface area contributed by atoms with Crippen molar-refractivity contribution < 1.29 is 0 Å². The van der Waals surface area contributed by atoms with Gasteiger partial charge in [0.2, 0.25) is 0 Å². The minimum Gasteiger partial charge on any atom is -0.330 e. The number of halogens is 1. The first-order valence-electron chi connectivity index (χ1n) is 7.17. The Bertz CT molecular complexity index is 360. The van der Waals surface area contributed by atoms with Crippen LogP contribution >= 0.6 is 11.6 Å². The molecule has 0 spiro atoms. The van der Waals surface area contributed by atoms with Gasteiger partial charge in [-0.3, -0.25) is 0 Å². The first-order valence-corrected chi connectivity index (χ1v) is 7.55. The fraction of sp³-hybridized carbons (Fsp3) is 0.625. The summed E-state index contributed by atoms with van der Waals surface area (Å²) in [5.41, 5.74) is 7.34. The third-order valence-electron chi connectivity index (χ3n) is 4.54. The Labute approximate surface area is 116 Å². The summed E-state index contributed by atoms with van der Waals surface area (Å²) < 4.78 is 0. The lowest BCUT2D eigenvalue weighted by Gasteiger charge is -2.35. The van der Waals surface area contributed by atoms with Gasteiger partial charge in [-0.25, -0.2) is 0 Å². The van der Waals surface area contributed by atoms with Crippen molar-refractivity contribution in [1.29, 1.82) is 0 Å². The van der Waals surface area contributed by atoms with Crippen LogP contribution in [0.15, 0.2) is 24.3 Å². The Morgan fingerprint density at radius 1 is 1.17 bits per heavy atom. The summed E-state index contributed by atoms with van der Waals surface area (Å²) in [7, 11) is 0. The highest BCUT2D eigenvalue weighted by Gasteiger charge is 2.28.